The van der Waals surface area contributed by atoms with Gasteiger partial charge < -0.3 is 5.32 Å². The highest BCUT2D eigenvalue weighted by atomic mass is 32.1. The molecule has 2 aromatic rings. The lowest BCUT2D eigenvalue weighted by Crippen LogP contribution is -2.36. The maximum absolute atomic E-state index is 3.83. The molecule has 0 aliphatic carbocycles. The molecule has 0 aliphatic heterocycles. The molecule has 0 aliphatic rings. The Bertz CT molecular complexity index is 397. The molecule has 2 rings (SSSR count). The van der Waals surface area contributed by atoms with Crippen molar-refractivity contribution in [1.82, 2.24) is 5.32 Å². The van der Waals surface area contributed by atoms with Crippen molar-refractivity contribution in [2.75, 3.05) is 0 Å². The van der Waals surface area contributed by atoms with Gasteiger partial charge in [-0.15, -0.1) is 22.7 Å². The van der Waals surface area contributed by atoms with Gasteiger partial charge in [0.1, 0.15) is 0 Å². The van der Waals surface area contributed by atoms with E-state index in [-0.39, 0.29) is 0 Å². The smallest absolute Gasteiger partial charge is 0.0767 e. The first kappa shape index (κ1) is 13.8. The van der Waals surface area contributed by atoms with Crippen LogP contribution in [0.4, 0.5) is 0 Å². The lowest BCUT2D eigenvalue weighted by atomic mass is 10.00. The van der Waals surface area contributed by atoms with E-state index in [0.717, 1.165) is 0 Å². The van der Waals surface area contributed by atoms with Crippen molar-refractivity contribution in [2.45, 2.75) is 39.3 Å². The first-order valence-electron chi connectivity index (χ1n) is 6.55. The van der Waals surface area contributed by atoms with Crippen LogP contribution in [0.3, 0.4) is 0 Å². The van der Waals surface area contributed by atoms with Crippen molar-refractivity contribution in [3.63, 3.8) is 0 Å². The minimum atomic E-state index is 0.359. The van der Waals surface area contributed by atoms with Gasteiger partial charge in [-0.05, 0) is 35.2 Å². The van der Waals surface area contributed by atoms with Gasteiger partial charge >= 0.3 is 0 Å². The van der Waals surface area contributed by atoms with E-state index in [4.69, 9.17) is 0 Å². The van der Waals surface area contributed by atoms with Crippen LogP contribution in [0.1, 0.15) is 43.0 Å². The van der Waals surface area contributed by atoms with Crippen molar-refractivity contribution >= 4 is 22.7 Å². The monoisotopic (exact) mass is 279 g/mol. The van der Waals surface area contributed by atoms with Gasteiger partial charge in [0.05, 0.1) is 6.04 Å². The lowest BCUT2D eigenvalue weighted by Gasteiger charge is -2.26. The molecule has 1 unspecified atom stereocenters. The highest BCUT2D eigenvalue weighted by molar-refractivity contribution is 7.11. The number of nitrogens with one attached hydrogen (secondary N) is 1. The molecule has 1 nitrogen and oxygen atoms in total. The second-order valence-corrected chi connectivity index (χ2v) is 6.85. The molecule has 1 N–H and O–H groups in total. The van der Waals surface area contributed by atoms with Crippen LogP contribution >= 0.6 is 22.7 Å². The van der Waals surface area contributed by atoms with E-state index in [9.17, 15) is 0 Å². The molecule has 2 aromatic heterocycles. The summed E-state index contributed by atoms with van der Waals surface area (Å²) in [5.41, 5.74) is 0. The Morgan fingerprint density at radius 3 is 1.94 bits per heavy atom. The van der Waals surface area contributed by atoms with Crippen LogP contribution in [-0.4, -0.2) is 6.04 Å². The molecule has 3 heteroatoms. The van der Waals surface area contributed by atoms with Crippen molar-refractivity contribution in [2.24, 2.45) is 5.92 Å². The second kappa shape index (κ2) is 6.50. The van der Waals surface area contributed by atoms with Crippen molar-refractivity contribution in [1.29, 1.82) is 0 Å². The molecule has 18 heavy (non-hydrogen) atoms. The van der Waals surface area contributed by atoms with Crippen LogP contribution in [0.2, 0.25) is 0 Å². The van der Waals surface area contributed by atoms with E-state index >= 15 is 0 Å². The molecular formula is C15H21NS2. The van der Waals surface area contributed by atoms with Gasteiger partial charge in [-0.3, -0.25) is 0 Å². The number of thiophene rings is 2. The van der Waals surface area contributed by atoms with E-state index in [0.29, 0.717) is 18.0 Å². The zero-order valence-electron chi connectivity index (χ0n) is 11.2. The molecule has 0 fully saturated rings. The molecule has 0 bridgehead atoms. The van der Waals surface area contributed by atoms with Crippen LogP contribution < -0.4 is 5.32 Å². The molecule has 0 saturated carbocycles. The summed E-state index contributed by atoms with van der Waals surface area (Å²) in [6.07, 6.45) is 1.17. The largest absolute Gasteiger partial charge is 0.302 e. The molecule has 0 aromatic carbocycles. The Morgan fingerprint density at radius 2 is 1.61 bits per heavy atom. The Labute approximate surface area is 118 Å². The zero-order valence-corrected chi connectivity index (χ0v) is 12.9. The Hall–Kier alpha value is -0.640. The van der Waals surface area contributed by atoms with Crippen molar-refractivity contribution in [3.05, 3.63) is 44.8 Å². The van der Waals surface area contributed by atoms with Crippen molar-refractivity contribution < 1.29 is 0 Å². The third-order valence-electron chi connectivity index (χ3n) is 3.28. The van der Waals surface area contributed by atoms with Gasteiger partial charge in [0.15, 0.2) is 0 Å². The van der Waals surface area contributed by atoms with Gasteiger partial charge in [0.25, 0.3) is 0 Å². The van der Waals surface area contributed by atoms with Crippen LogP contribution in [0.5, 0.6) is 0 Å². The predicted molar refractivity (Wildman–Crippen MR) is 82.5 cm³/mol. The first-order valence-corrected chi connectivity index (χ1v) is 8.31. The summed E-state index contributed by atoms with van der Waals surface area (Å²) in [4.78, 5) is 2.83. The van der Waals surface area contributed by atoms with E-state index in [1.165, 1.54) is 16.2 Å². The molecule has 98 valence electrons. The molecular weight excluding hydrogens is 258 g/mol. The molecule has 0 amide bonds. The summed E-state index contributed by atoms with van der Waals surface area (Å²) in [5, 5.41) is 8.15. The average molecular weight is 279 g/mol. The fourth-order valence-electron chi connectivity index (χ4n) is 2.21. The minimum Gasteiger partial charge on any atom is -0.302 e. The van der Waals surface area contributed by atoms with Gasteiger partial charge in [-0.2, -0.15) is 0 Å². The highest BCUT2D eigenvalue weighted by Crippen LogP contribution is 2.30. The maximum Gasteiger partial charge on any atom is 0.0767 e. The third kappa shape index (κ3) is 3.22. The predicted octanol–water partition coefficient (Wildman–Crippen LogP) is 4.92. The van der Waals surface area contributed by atoms with Gasteiger partial charge in [-0.25, -0.2) is 0 Å². The topological polar surface area (TPSA) is 12.0 Å². The molecule has 0 spiro atoms. The van der Waals surface area contributed by atoms with Crippen LogP contribution in [0.25, 0.3) is 0 Å². The second-order valence-electron chi connectivity index (χ2n) is 4.89. The Kier molecular flexibility index (Phi) is 4.98. The summed E-state index contributed by atoms with van der Waals surface area (Å²) in [5.74, 6) is 0.664. The van der Waals surface area contributed by atoms with Gasteiger partial charge in [0, 0.05) is 15.8 Å². The lowest BCUT2D eigenvalue weighted by molar-refractivity contribution is 0.368. The standard InChI is InChI=1S/C15H21NS2/c1-4-12(11(2)3)16-15(13-7-5-9-17-13)14-8-6-10-18-14/h5-12,15-16H,4H2,1-3H3. The Morgan fingerprint density at radius 1 is 1.06 bits per heavy atom. The van der Waals surface area contributed by atoms with Gasteiger partial charge in [-0.1, -0.05) is 32.9 Å². The molecule has 2 heterocycles. The Balaban J connectivity index is 2.21. The zero-order chi connectivity index (χ0) is 13.0. The third-order valence-corrected chi connectivity index (χ3v) is 5.16. The van der Waals surface area contributed by atoms with Crippen LogP contribution in [0.15, 0.2) is 35.0 Å². The first-order chi connectivity index (χ1) is 8.72. The summed E-state index contributed by atoms with van der Waals surface area (Å²) in [6, 6.07) is 9.66. The normalized spacial score (nSPS) is 13.4. The molecule has 0 radical (unpaired) electrons. The summed E-state index contributed by atoms with van der Waals surface area (Å²) in [7, 11) is 0. The number of rotatable bonds is 6. The highest BCUT2D eigenvalue weighted by Gasteiger charge is 2.21. The minimum absolute atomic E-state index is 0.359. The summed E-state index contributed by atoms with van der Waals surface area (Å²) < 4.78 is 0. The van der Waals surface area contributed by atoms with E-state index < -0.39 is 0 Å². The van der Waals surface area contributed by atoms with Crippen LogP contribution in [0, 0.1) is 5.92 Å². The SMILES string of the molecule is CCC(NC(c1cccs1)c1cccs1)C(C)C. The van der Waals surface area contributed by atoms with E-state index in [1.807, 2.05) is 22.7 Å². The molecule has 1 atom stereocenters. The molecule has 0 saturated heterocycles. The summed E-state index contributed by atoms with van der Waals surface area (Å²) in [6.45, 7) is 6.85. The van der Waals surface area contributed by atoms with E-state index in [1.54, 1.807) is 0 Å². The van der Waals surface area contributed by atoms with Crippen LogP contribution in [-0.2, 0) is 0 Å². The van der Waals surface area contributed by atoms with Gasteiger partial charge in [0.2, 0.25) is 0 Å². The quantitative estimate of drug-likeness (QED) is 0.791. The average Bonchev–Trinajstić information content (AvgIpc) is 3.02. The van der Waals surface area contributed by atoms with E-state index in [2.05, 4.69) is 61.1 Å². The fourth-order valence-corrected chi connectivity index (χ4v) is 3.89. The van der Waals surface area contributed by atoms with Crippen molar-refractivity contribution in [3.8, 4) is 0 Å². The fraction of sp³-hybridized carbons (Fsp3) is 0.467. The number of hydrogen-bond donors (Lipinski definition) is 1. The summed E-state index contributed by atoms with van der Waals surface area (Å²) >= 11 is 3.68. The number of hydrogen-bond acceptors (Lipinski definition) is 3. The maximum atomic E-state index is 3.83.